The minimum atomic E-state index is -0.371. The van der Waals surface area contributed by atoms with Crippen LogP contribution in [0.15, 0.2) is 18.2 Å². The lowest BCUT2D eigenvalue weighted by Crippen LogP contribution is -2.13. The summed E-state index contributed by atoms with van der Waals surface area (Å²) in [4.78, 5) is 0. The molecule has 2 rings (SSSR count). The van der Waals surface area contributed by atoms with E-state index < -0.39 is 0 Å². The van der Waals surface area contributed by atoms with Crippen molar-refractivity contribution in [2.45, 2.75) is 50.9 Å². The molecular weight excluding hydrogens is 317 g/mol. The van der Waals surface area contributed by atoms with Crippen LogP contribution in [0.3, 0.4) is 0 Å². The molecule has 0 spiro atoms. The monoisotopic (exact) mass is 337 g/mol. The third-order valence-electron chi connectivity index (χ3n) is 4.43. The van der Waals surface area contributed by atoms with Crippen LogP contribution in [0.25, 0.3) is 0 Å². The Morgan fingerprint density at radius 2 is 1.95 bits per heavy atom. The minimum Gasteiger partial charge on any atom is -0.206 e. The van der Waals surface area contributed by atoms with Gasteiger partial charge in [0.2, 0.25) is 0 Å². The fourth-order valence-electron chi connectivity index (χ4n) is 3.19. The average Bonchev–Trinajstić information content (AvgIpc) is 2.48. The van der Waals surface area contributed by atoms with E-state index >= 15 is 0 Å². The lowest BCUT2D eigenvalue weighted by Gasteiger charge is -2.29. The third-order valence-corrected chi connectivity index (χ3v) is 4.99. The van der Waals surface area contributed by atoms with E-state index in [4.69, 9.17) is 5.26 Å². The van der Waals surface area contributed by atoms with E-state index in [-0.39, 0.29) is 11.4 Å². The summed E-state index contributed by atoms with van der Waals surface area (Å²) in [5.74, 6) is 0.961. The van der Waals surface area contributed by atoms with E-state index in [1.165, 1.54) is 32.1 Å². The number of nitriles is 1. The topological polar surface area (TPSA) is 23.8 Å². The molecule has 0 bridgehead atoms. The molecule has 20 heavy (non-hydrogen) atoms. The first-order chi connectivity index (χ1) is 9.74. The maximum Gasteiger partial charge on any atom is 0.141 e. The van der Waals surface area contributed by atoms with Gasteiger partial charge in [-0.3, -0.25) is 0 Å². The number of unbranched alkanes of at least 4 members (excludes halogenated alkanes) is 1. The minimum absolute atomic E-state index is 0.150. The van der Waals surface area contributed by atoms with E-state index in [1.807, 2.05) is 12.1 Å². The molecule has 0 heterocycles. The average molecular weight is 338 g/mol. The second-order valence-corrected chi connectivity index (χ2v) is 6.55. The number of rotatable bonds is 5. The Labute approximate surface area is 129 Å². The Hall–Kier alpha value is -0.880. The highest BCUT2D eigenvalue weighted by atomic mass is 79.9. The first kappa shape index (κ1) is 15.5. The van der Waals surface area contributed by atoms with Gasteiger partial charge in [0.05, 0.1) is 5.56 Å². The van der Waals surface area contributed by atoms with Crippen LogP contribution in [0, 0.1) is 23.1 Å². The standard InChI is InChI=1S/C17H21BrFN/c18-10-2-1-3-13-4-6-14(7-5-13)15-8-9-16(12-20)17(19)11-15/h8-9,11,13-14H,1-7,10H2/t13-,14-. The summed E-state index contributed by atoms with van der Waals surface area (Å²) in [6.07, 6.45) is 8.74. The van der Waals surface area contributed by atoms with Crippen molar-refractivity contribution in [3.8, 4) is 6.07 Å². The predicted octanol–water partition coefficient (Wildman–Crippen LogP) is 5.54. The molecule has 0 aromatic heterocycles. The highest BCUT2D eigenvalue weighted by molar-refractivity contribution is 9.09. The molecule has 0 N–H and O–H groups in total. The Morgan fingerprint density at radius 1 is 1.20 bits per heavy atom. The SMILES string of the molecule is N#Cc1ccc([C@H]2CC[C@H](CCCCBr)CC2)cc1F. The van der Waals surface area contributed by atoms with Crippen LogP contribution in [0.5, 0.6) is 0 Å². The molecule has 0 amide bonds. The summed E-state index contributed by atoms with van der Waals surface area (Å²) in [5.41, 5.74) is 1.22. The van der Waals surface area contributed by atoms with Crippen LogP contribution in [0.2, 0.25) is 0 Å². The molecule has 3 heteroatoms. The lowest BCUT2D eigenvalue weighted by atomic mass is 9.77. The smallest absolute Gasteiger partial charge is 0.141 e. The first-order valence-corrected chi connectivity index (χ1v) is 8.62. The van der Waals surface area contributed by atoms with Crippen molar-refractivity contribution in [1.29, 1.82) is 5.26 Å². The Bertz CT molecular complexity index is 472. The molecule has 0 unspecified atom stereocenters. The predicted molar refractivity (Wildman–Crippen MR) is 83.5 cm³/mol. The number of hydrogen-bond acceptors (Lipinski definition) is 1. The molecule has 1 fully saturated rings. The highest BCUT2D eigenvalue weighted by Crippen LogP contribution is 2.38. The number of alkyl halides is 1. The molecule has 1 aliphatic rings. The molecule has 1 nitrogen and oxygen atoms in total. The fourth-order valence-corrected chi connectivity index (χ4v) is 3.58. The zero-order valence-electron chi connectivity index (χ0n) is 11.7. The zero-order chi connectivity index (χ0) is 14.4. The van der Waals surface area contributed by atoms with Crippen molar-refractivity contribution < 1.29 is 4.39 Å². The van der Waals surface area contributed by atoms with Crippen molar-refractivity contribution in [2.24, 2.45) is 5.92 Å². The third kappa shape index (κ3) is 4.06. The van der Waals surface area contributed by atoms with Gasteiger partial charge >= 0.3 is 0 Å². The van der Waals surface area contributed by atoms with Crippen molar-refractivity contribution >= 4 is 15.9 Å². The Balaban J connectivity index is 1.87. The summed E-state index contributed by atoms with van der Waals surface area (Å²) in [5, 5.41) is 9.87. The van der Waals surface area contributed by atoms with Gasteiger partial charge in [-0.05, 0) is 61.6 Å². The van der Waals surface area contributed by atoms with E-state index in [1.54, 1.807) is 12.1 Å². The zero-order valence-corrected chi connectivity index (χ0v) is 13.3. The van der Waals surface area contributed by atoms with Gasteiger partial charge in [0.25, 0.3) is 0 Å². The number of benzene rings is 1. The second-order valence-electron chi connectivity index (χ2n) is 5.75. The van der Waals surface area contributed by atoms with Crippen molar-refractivity contribution in [2.75, 3.05) is 5.33 Å². The Kier molecular flexibility index (Phi) is 6.04. The molecule has 0 atom stereocenters. The maximum absolute atomic E-state index is 13.7. The van der Waals surface area contributed by atoms with E-state index in [9.17, 15) is 4.39 Å². The molecular formula is C17H21BrFN. The lowest BCUT2D eigenvalue weighted by molar-refractivity contribution is 0.304. The summed E-state index contributed by atoms with van der Waals surface area (Å²) in [6.45, 7) is 0. The summed E-state index contributed by atoms with van der Waals surface area (Å²) in [6, 6.07) is 6.99. The van der Waals surface area contributed by atoms with Crippen molar-refractivity contribution in [1.82, 2.24) is 0 Å². The molecule has 0 aliphatic heterocycles. The number of hydrogen-bond donors (Lipinski definition) is 0. The molecule has 0 radical (unpaired) electrons. The van der Waals surface area contributed by atoms with E-state index in [0.717, 1.165) is 29.7 Å². The summed E-state index contributed by atoms with van der Waals surface area (Å²) < 4.78 is 13.7. The maximum atomic E-state index is 13.7. The highest BCUT2D eigenvalue weighted by Gasteiger charge is 2.22. The molecule has 1 aliphatic carbocycles. The van der Waals surface area contributed by atoms with Crippen LogP contribution in [-0.4, -0.2) is 5.33 Å². The van der Waals surface area contributed by atoms with Gasteiger partial charge in [0.1, 0.15) is 11.9 Å². The molecule has 1 saturated carbocycles. The van der Waals surface area contributed by atoms with Crippen molar-refractivity contribution in [3.05, 3.63) is 35.1 Å². The molecule has 1 aromatic carbocycles. The van der Waals surface area contributed by atoms with Crippen LogP contribution in [0.4, 0.5) is 4.39 Å². The summed E-state index contributed by atoms with van der Waals surface area (Å²) in [7, 11) is 0. The van der Waals surface area contributed by atoms with Gasteiger partial charge < -0.3 is 0 Å². The van der Waals surface area contributed by atoms with Gasteiger partial charge in [0, 0.05) is 5.33 Å². The molecule has 1 aromatic rings. The number of nitrogens with zero attached hydrogens (tertiary/aromatic N) is 1. The quantitative estimate of drug-likeness (QED) is 0.511. The largest absolute Gasteiger partial charge is 0.206 e. The normalized spacial score (nSPS) is 22.4. The summed E-state index contributed by atoms with van der Waals surface area (Å²) >= 11 is 3.47. The molecule has 0 saturated heterocycles. The fraction of sp³-hybridized carbons (Fsp3) is 0.588. The van der Waals surface area contributed by atoms with Crippen LogP contribution >= 0.6 is 15.9 Å². The van der Waals surface area contributed by atoms with Crippen LogP contribution in [0.1, 0.15) is 62.0 Å². The van der Waals surface area contributed by atoms with Gasteiger partial charge in [-0.2, -0.15) is 5.26 Å². The van der Waals surface area contributed by atoms with Crippen LogP contribution in [-0.2, 0) is 0 Å². The van der Waals surface area contributed by atoms with Crippen LogP contribution < -0.4 is 0 Å². The van der Waals surface area contributed by atoms with Crippen molar-refractivity contribution in [3.63, 3.8) is 0 Å². The van der Waals surface area contributed by atoms with Gasteiger partial charge in [-0.25, -0.2) is 4.39 Å². The second kappa shape index (κ2) is 7.78. The van der Waals surface area contributed by atoms with E-state index in [0.29, 0.717) is 5.92 Å². The molecule has 108 valence electrons. The Morgan fingerprint density at radius 3 is 2.55 bits per heavy atom. The van der Waals surface area contributed by atoms with E-state index in [2.05, 4.69) is 15.9 Å². The first-order valence-electron chi connectivity index (χ1n) is 7.50. The van der Waals surface area contributed by atoms with Gasteiger partial charge in [-0.1, -0.05) is 34.8 Å². The number of halogens is 2. The van der Waals surface area contributed by atoms with Gasteiger partial charge in [-0.15, -0.1) is 0 Å². The van der Waals surface area contributed by atoms with Gasteiger partial charge in [0.15, 0.2) is 0 Å².